The number of ether oxygens (including phenoxy) is 1. The highest BCUT2D eigenvalue weighted by Gasteiger charge is 2.24. The molecule has 0 spiro atoms. The van der Waals surface area contributed by atoms with Gasteiger partial charge in [-0.25, -0.2) is 8.42 Å². The molecule has 5 nitrogen and oxygen atoms in total. The van der Waals surface area contributed by atoms with E-state index in [-0.39, 0.29) is 6.42 Å². The number of Topliss-reactive ketones (excluding diaryl/α,β-unsaturated/α-hetero) is 1. The van der Waals surface area contributed by atoms with Crippen molar-refractivity contribution in [3.8, 4) is 0 Å². The van der Waals surface area contributed by atoms with E-state index in [1.807, 2.05) is 6.07 Å². The van der Waals surface area contributed by atoms with Crippen LogP contribution in [0.1, 0.15) is 26.3 Å². The fourth-order valence-corrected chi connectivity index (χ4v) is 2.83. The second kappa shape index (κ2) is 6.85. The van der Waals surface area contributed by atoms with Gasteiger partial charge in [-0.2, -0.15) is 0 Å². The monoisotopic (exact) mass is 312 g/mol. The lowest BCUT2D eigenvalue weighted by Crippen LogP contribution is -2.31. The van der Waals surface area contributed by atoms with Gasteiger partial charge in [0.2, 0.25) is 0 Å². The molecule has 0 radical (unpaired) electrons. The molecule has 0 aliphatic carbocycles. The summed E-state index contributed by atoms with van der Waals surface area (Å²) in [6.07, 6.45) is 0.0361. The third kappa shape index (κ3) is 7.60. The Morgan fingerprint density at radius 2 is 1.62 bits per heavy atom. The largest absolute Gasteiger partial charge is 0.459 e. The van der Waals surface area contributed by atoms with E-state index in [1.165, 1.54) is 0 Å². The first kappa shape index (κ1) is 17.4. The molecule has 0 unspecified atom stereocenters. The van der Waals surface area contributed by atoms with Gasteiger partial charge in [0.25, 0.3) is 0 Å². The Balaban J connectivity index is 2.56. The molecule has 0 atom stereocenters. The minimum absolute atomic E-state index is 0.0361. The first-order valence-electron chi connectivity index (χ1n) is 6.55. The predicted octanol–water partition coefficient (Wildman–Crippen LogP) is 1.55. The van der Waals surface area contributed by atoms with E-state index in [4.69, 9.17) is 4.74 Å². The fourth-order valence-electron chi connectivity index (χ4n) is 1.72. The zero-order valence-electron chi connectivity index (χ0n) is 12.5. The molecule has 0 aromatic heterocycles. The number of rotatable bonds is 6. The standard InChI is InChI=1S/C15H20O5S/c1-15(2,3)20-14(17)11-21(18,19)10-13(16)9-12-7-5-4-6-8-12/h4-8H,9-11H2,1-3H3. The maximum Gasteiger partial charge on any atom is 0.321 e. The fraction of sp³-hybridized carbons (Fsp3) is 0.467. The molecule has 1 rings (SSSR count). The van der Waals surface area contributed by atoms with Crippen LogP contribution in [0.4, 0.5) is 0 Å². The van der Waals surface area contributed by atoms with Crippen molar-refractivity contribution in [2.24, 2.45) is 0 Å². The van der Waals surface area contributed by atoms with Crippen LogP contribution >= 0.6 is 0 Å². The van der Waals surface area contributed by atoms with Gasteiger partial charge in [-0.3, -0.25) is 9.59 Å². The van der Waals surface area contributed by atoms with Crippen LogP contribution in [0.25, 0.3) is 0 Å². The number of hydrogen-bond donors (Lipinski definition) is 0. The van der Waals surface area contributed by atoms with Gasteiger partial charge in [-0.1, -0.05) is 30.3 Å². The van der Waals surface area contributed by atoms with Crippen molar-refractivity contribution in [3.05, 3.63) is 35.9 Å². The predicted molar refractivity (Wildman–Crippen MR) is 79.7 cm³/mol. The van der Waals surface area contributed by atoms with E-state index in [1.54, 1.807) is 45.0 Å². The van der Waals surface area contributed by atoms with E-state index >= 15 is 0 Å². The van der Waals surface area contributed by atoms with Crippen LogP contribution in [0.15, 0.2) is 30.3 Å². The maximum absolute atomic E-state index is 11.8. The Labute approximate surface area is 125 Å². The summed E-state index contributed by atoms with van der Waals surface area (Å²) in [6.45, 7) is 4.95. The minimum atomic E-state index is -3.80. The number of benzene rings is 1. The molecule has 0 fully saturated rings. The second-order valence-electron chi connectivity index (χ2n) is 5.82. The van der Waals surface area contributed by atoms with E-state index < -0.39 is 38.7 Å². The van der Waals surface area contributed by atoms with Crippen LogP contribution in [0.3, 0.4) is 0 Å². The number of ketones is 1. The summed E-state index contributed by atoms with van der Waals surface area (Å²) in [5, 5.41) is 0. The highest BCUT2D eigenvalue weighted by Crippen LogP contribution is 2.08. The Morgan fingerprint density at radius 1 is 1.05 bits per heavy atom. The number of hydrogen-bond acceptors (Lipinski definition) is 5. The molecule has 0 N–H and O–H groups in total. The Kier molecular flexibility index (Phi) is 5.66. The van der Waals surface area contributed by atoms with Crippen molar-refractivity contribution >= 4 is 21.6 Å². The van der Waals surface area contributed by atoms with Crippen LogP contribution in [-0.2, 0) is 30.6 Å². The third-order valence-corrected chi connectivity index (χ3v) is 3.82. The Morgan fingerprint density at radius 3 is 2.14 bits per heavy atom. The Hall–Kier alpha value is -1.69. The summed E-state index contributed by atoms with van der Waals surface area (Å²) in [6, 6.07) is 8.86. The highest BCUT2D eigenvalue weighted by molar-refractivity contribution is 7.92. The van der Waals surface area contributed by atoms with Gasteiger partial charge in [-0.15, -0.1) is 0 Å². The van der Waals surface area contributed by atoms with Crippen LogP contribution in [0.5, 0.6) is 0 Å². The molecule has 0 amide bonds. The average Bonchev–Trinajstić information content (AvgIpc) is 2.24. The average molecular weight is 312 g/mol. The quantitative estimate of drug-likeness (QED) is 0.745. The number of carbonyl (C=O) groups excluding carboxylic acids is 2. The summed E-state index contributed by atoms with van der Waals surface area (Å²) in [7, 11) is -3.80. The minimum Gasteiger partial charge on any atom is -0.459 e. The van der Waals surface area contributed by atoms with Gasteiger partial charge in [-0.05, 0) is 26.3 Å². The van der Waals surface area contributed by atoms with Crippen LogP contribution < -0.4 is 0 Å². The molecule has 0 saturated heterocycles. The van der Waals surface area contributed by atoms with E-state index in [0.717, 1.165) is 5.56 Å². The topological polar surface area (TPSA) is 77.5 Å². The lowest BCUT2D eigenvalue weighted by molar-refractivity contribution is -0.151. The SMILES string of the molecule is CC(C)(C)OC(=O)CS(=O)(=O)CC(=O)Cc1ccccc1. The van der Waals surface area contributed by atoms with E-state index in [2.05, 4.69) is 0 Å². The van der Waals surface area contributed by atoms with E-state index in [9.17, 15) is 18.0 Å². The van der Waals surface area contributed by atoms with Gasteiger partial charge < -0.3 is 4.74 Å². The van der Waals surface area contributed by atoms with Gasteiger partial charge >= 0.3 is 5.97 Å². The molecule has 1 aromatic carbocycles. The van der Waals surface area contributed by atoms with Crippen molar-refractivity contribution in [3.63, 3.8) is 0 Å². The van der Waals surface area contributed by atoms with Crippen LogP contribution in [-0.4, -0.2) is 37.3 Å². The van der Waals surface area contributed by atoms with E-state index in [0.29, 0.717) is 0 Å². The summed E-state index contributed by atoms with van der Waals surface area (Å²) < 4.78 is 28.6. The molecule has 6 heteroatoms. The normalized spacial score (nSPS) is 12.0. The van der Waals surface area contributed by atoms with Crippen molar-refractivity contribution in [2.45, 2.75) is 32.8 Å². The molecule has 0 heterocycles. The molecule has 116 valence electrons. The molecular formula is C15H20O5S. The lowest BCUT2D eigenvalue weighted by atomic mass is 10.1. The maximum atomic E-state index is 11.8. The number of esters is 1. The summed E-state index contributed by atoms with van der Waals surface area (Å²) >= 11 is 0. The zero-order chi connectivity index (χ0) is 16.1. The van der Waals surface area contributed by atoms with Crippen molar-refractivity contribution < 1.29 is 22.7 Å². The molecular weight excluding hydrogens is 292 g/mol. The molecule has 0 aliphatic rings. The first-order chi connectivity index (χ1) is 9.57. The van der Waals surface area contributed by atoms with Crippen LogP contribution in [0.2, 0.25) is 0 Å². The Bertz CT molecular complexity index is 597. The van der Waals surface area contributed by atoms with Gasteiger partial charge in [0.15, 0.2) is 15.6 Å². The molecule has 0 bridgehead atoms. The summed E-state index contributed by atoms with van der Waals surface area (Å²) in [4.78, 5) is 23.3. The molecule has 21 heavy (non-hydrogen) atoms. The number of sulfone groups is 1. The first-order valence-corrected chi connectivity index (χ1v) is 8.37. The van der Waals surface area contributed by atoms with Gasteiger partial charge in [0, 0.05) is 6.42 Å². The lowest BCUT2D eigenvalue weighted by Gasteiger charge is -2.19. The third-order valence-electron chi connectivity index (χ3n) is 2.38. The highest BCUT2D eigenvalue weighted by atomic mass is 32.2. The van der Waals surface area contributed by atoms with Crippen molar-refractivity contribution in [2.75, 3.05) is 11.5 Å². The van der Waals surface area contributed by atoms with Crippen molar-refractivity contribution in [1.82, 2.24) is 0 Å². The molecule has 1 aromatic rings. The van der Waals surface area contributed by atoms with Crippen LogP contribution in [0, 0.1) is 0 Å². The number of carbonyl (C=O) groups is 2. The van der Waals surface area contributed by atoms with Gasteiger partial charge in [0.1, 0.15) is 17.1 Å². The van der Waals surface area contributed by atoms with Crippen molar-refractivity contribution in [1.29, 1.82) is 0 Å². The molecule has 0 aliphatic heterocycles. The summed E-state index contributed by atoms with van der Waals surface area (Å²) in [5.74, 6) is -2.70. The summed E-state index contributed by atoms with van der Waals surface area (Å²) in [5.41, 5.74) is -0.00401. The second-order valence-corrected chi connectivity index (χ2v) is 7.88. The smallest absolute Gasteiger partial charge is 0.321 e. The molecule has 0 saturated carbocycles. The van der Waals surface area contributed by atoms with Gasteiger partial charge in [0.05, 0.1) is 0 Å². The zero-order valence-corrected chi connectivity index (χ0v) is 13.3.